The summed E-state index contributed by atoms with van der Waals surface area (Å²) in [5.74, 6) is -1.54. The van der Waals surface area contributed by atoms with Crippen molar-refractivity contribution in [2.75, 3.05) is 0 Å². The number of halogens is 1. The van der Waals surface area contributed by atoms with Gasteiger partial charge in [-0.15, -0.1) is 0 Å². The van der Waals surface area contributed by atoms with E-state index in [0.717, 1.165) is 0 Å². The summed E-state index contributed by atoms with van der Waals surface area (Å²) in [6.07, 6.45) is 1.24. The molecule has 5 nitrogen and oxygen atoms in total. The first-order valence-corrected chi connectivity index (χ1v) is 5.26. The Hall–Kier alpha value is -2.45. The summed E-state index contributed by atoms with van der Waals surface area (Å²) in [7, 11) is 0. The highest BCUT2D eigenvalue weighted by Crippen LogP contribution is 2.25. The zero-order chi connectivity index (χ0) is 13.1. The first-order valence-electron chi connectivity index (χ1n) is 4.88. The van der Waals surface area contributed by atoms with E-state index < -0.39 is 5.97 Å². The van der Waals surface area contributed by atoms with Crippen molar-refractivity contribution in [3.63, 3.8) is 0 Å². The third-order valence-corrected chi connectivity index (χ3v) is 2.50. The number of nitriles is 1. The molecule has 0 amide bonds. The maximum Gasteiger partial charge on any atom is 0.373 e. The number of carboxylic acid groups (broad SMARTS) is 1. The number of rotatable bonds is 2. The zero-order valence-electron chi connectivity index (χ0n) is 8.96. The lowest BCUT2D eigenvalue weighted by molar-refractivity contribution is 0.0683. The summed E-state index contributed by atoms with van der Waals surface area (Å²) in [6, 6.07) is 8.50. The van der Waals surface area contributed by atoms with Gasteiger partial charge >= 0.3 is 5.97 Å². The van der Waals surface area contributed by atoms with Gasteiger partial charge in [0.15, 0.2) is 0 Å². The summed E-state index contributed by atoms with van der Waals surface area (Å²) >= 11 is 5.93. The van der Waals surface area contributed by atoms with Crippen LogP contribution in [0.5, 0.6) is 0 Å². The lowest BCUT2D eigenvalue weighted by Gasteiger charge is -2.04. The SMILES string of the molecule is N#Cc1ccc(-c2nc(C(=O)O)ncc2Cl)cc1. The van der Waals surface area contributed by atoms with Gasteiger partial charge in [-0.25, -0.2) is 14.8 Å². The van der Waals surface area contributed by atoms with Gasteiger partial charge in [0.2, 0.25) is 5.82 Å². The van der Waals surface area contributed by atoms with E-state index in [1.807, 2.05) is 6.07 Å². The van der Waals surface area contributed by atoms with Crippen LogP contribution in [-0.4, -0.2) is 21.0 Å². The third-order valence-electron chi connectivity index (χ3n) is 2.22. The van der Waals surface area contributed by atoms with E-state index in [-0.39, 0.29) is 10.8 Å². The van der Waals surface area contributed by atoms with E-state index in [9.17, 15) is 4.79 Å². The molecule has 0 aliphatic rings. The maximum absolute atomic E-state index is 10.8. The lowest BCUT2D eigenvalue weighted by atomic mass is 10.1. The Labute approximate surface area is 107 Å². The van der Waals surface area contributed by atoms with Crippen molar-refractivity contribution in [1.82, 2.24) is 9.97 Å². The Morgan fingerprint density at radius 2 is 2.00 bits per heavy atom. The van der Waals surface area contributed by atoms with Crippen molar-refractivity contribution in [3.05, 3.63) is 46.9 Å². The summed E-state index contributed by atoms with van der Waals surface area (Å²) in [4.78, 5) is 18.3. The van der Waals surface area contributed by atoms with Crippen LogP contribution in [0.3, 0.4) is 0 Å². The van der Waals surface area contributed by atoms with E-state index >= 15 is 0 Å². The molecule has 1 aromatic carbocycles. The molecule has 0 fully saturated rings. The van der Waals surface area contributed by atoms with E-state index in [2.05, 4.69) is 9.97 Å². The molecule has 0 atom stereocenters. The predicted octanol–water partition coefficient (Wildman–Crippen LogP) is 2.37. The first-order chi connectivity index (χ1) is 8.61. The number of hydrogen-bond donors (Lipinski definition) is 1. The number of nitrogens with zero attached hydrogens (tertiary/aromatic N) is 3. The van der Waals surface area contributed by atoms with E-state index in [1.165, 1.54) is 6.20 Å². The lowest BCUT2D eigenvalue weighted by Crippen LogP contribution is -2.04. The van der Waals surface area contributed by atoms with Crippen molar-refractivity contribution < 1.29 is 9.90 Å². The second kappa shape index (κ2) is 4.82. The number of benzene rings is 1. The van der Waals surface area contributed by atoms with Gasteiger partial charge < -0.3 is 5.11 Å². The molecule has 1 aromatic heterocycles. The molecular weight excluding hydrogens is 254 g/mol. The minimum atomic E-state index is -1.22. The Balaban J connectivity index is 2.52. The molecule has 0 radical (unpaired) electrons. The Bertz CT molecular complexity index is 647. The third kappa shape index (κ3) is 2.29. The molecule has 1 N–H and O–H groups in total. The molecule has 0 aliphatic carbocycles. The number of hydrogen-bond acceptors (Lipinski definition) is 4. The molecule has 0 bridgehead atoms. The Morgan fingerprint density at radius 1 is 1.33 bits per heavy atom. The molecule has 1 heterocycles. The second-order valence-electron chi connectivity index (χ2n) is 3.38. The molecule has 0 unspecified atom stereocenters. The predicted molar refractivity (Wildman–Crippen MR) is 64.2 cm³/mol. The fourth-order valence-corrected chi connectivity index (χ4v) is 1.58. The average Bonchev–Trinajstić information content (AvgIpc) is 2.39. The van der Waals surface area contributed by atoms with Gasteiger partial charge in [0, 0.05) is 5.56 Å². The highest BCUT2D eigenvalue weighted by atomic mass is 35.5. The number of carboxylic acids is 1. The minimum Gasteiger partial charge on any atom is -0.475 e. The molecule has 2 rings (SSSR count). The smallest absolute Gasteiger partial charge is 0.373 e. The van der Waals surface area contributed by atoms with Crippen LogP contribution < -0.4 is 0 Å². The number of aromatic nitrogens is 2. The van der Waals surface area contributed by atoms with Crippen LogP contribution in [0, 0.1) is 11.3 Å². The quantitative estimate of drug-likeness (QED) is 0.895. The molecular formula is C12H6ClN3O2. The highest BCUT2D eigenvalue weighted by Gasteiger charge is 2.12. The minimum absolute atomic E-state index is 0.254. The molecule has 0 saturated carbocycles. The normalized spacial score (nSPS) is 9.78. The summed E-state index contributed by atoms with van der Waals surface area (Å²) in [5, 5.41) is 17.8. The van der Waals surface area contributed by atoms with Crippen molar-refractivity contribution in [2.24, 2.45) is 0 Å². The largest absolute Gasteiger partial charge is 0.475 e. The number of carbonyl (C=O) groups is 1. The van der Waals surface area contributed by atoms with Crippen LogP contribution in [0.15, 0.2) is 30.5 Å². The van der Waals surface area contributed by atoms with Gasteiger partial charge in [-0.3, -0.25) is 0 Å². The number of aromatic carboxylic acids is 1. The maximum atomic E-state index is 10.8. The standard InChI is InChI=1S/C12H6ClN3O2/c13-9-6-15-11(12(17)18)16-10(9)8-3-1-7(5-14)2-4-8/h1-4,6H,(H,17,18). The fraction of sp³-hybridized carbons (Fsp3) is 0. The second-order valence-corrected chi connectivity index (χ2v) is 3.79. The van der Waals surface area contributed by atoms with Crippen molar-refractivity contribution in [2.45, 2.75) is 0 Å². The van der Waals surface area contributed by atoms with Crippen molar-refractivity contribution in [1.29, 1.82) is 5.26 Å². The van der Waals surface area contributed by atoms with Gasteiger partial charge in [-0.2, -0.15) is 5.26 Å². The molecule has 2 aromatic rings. The van der Waals surface area contributed by atoms with E-state index in [4.69, 9.17) is 22.0 Å². The van der Waals surface area contributed by atoms with Gasteiger partial charge in [0.25, 0.3) is 0 Å². The fourth-order valence-electron chi connectivity index (χ4n) is 1.38. The topological polar surface area (TPSA) is 86.9 Å². The Morgan fingerprint density at radius 3 is 2.56 bits per heavy atom. The summed E-state index contributed by atoms with van der Waals surface area (Å²) in [5.41, 5.74) is 1.46. The molecule has 0 aliphatic heterocycles. The van der Waals surface area contributed by atoms with Gasteiger partial charge in [0.05, 0.1) is 28.5 Å². The van der Waals surface area contributed by atoms with E-state index in [0.29, 0.717) is 16.8 Å². The van der Waals surface area contributed by atoms with E-state index in [1.54, 1.807) is 24.3 Å². The first kappa shape index (κ1) is 12.0. The molecule has 88 valence electrons. The van der Waals surface area contributed by atoms with Crippen LogP contribution >= 0.6 is 11.6 Å². The molecule has 18 heavy (non-hydrogen) atoms. The van der Waals surface area contributed by atoms with Crippen LogP contribution in [0.1, 0.15) is 16.2 Å². The highest BCUT2D eigenvalue weighted by molar-refractivity contribution is 6.32. The summed E-state index contributed by atoms with van der Waals surface area (Å²) < 4.78 is 0. The molecule has 6 heteroatoms. The van der Waals surface area contributed by atoms with Crippen LogP contribution in [-0.2, 0) is 0 Å². The average molecular weight is 260 g/mol. The molecule has 0 spiro atoms. The van der Waals surface area contributed by atoms with Gasteiger partial charge in [-0.1, -0.05) is 23.7 Å². The summed E-state index contributed by atoms with van der Waals surface area (Å²) in [6.45, 7) is 0. The van der Waals surface area contributed by atoms with Gasteiger partial charge in [-0.05, 0) is 12.1 Å². The Kier molecular flexibility index (Phi) is 3.22. The van der Waals surface area contributed by atoms with Gasteiger partial charge in [0.1, 0.15) is 0 Å². The van der Waals surface area contributed by atoms with Crippen LogP contribution in [0.4, 0.5) is 0 Å². The zero-order valence-corrected chi connectivity index (χ0v) is 9.72. The monoisotopic (exact) mass is 259 g/mol. The van der Waals surface area contributed by atoms with Crippen molar-refractivity contribution in [3.8, 4) is 17.3 Å². The molecule has 0 saturated heterocycles. The van der Waals surface area contributed by atoms with Crippen molar-refractivity contribution >= 4 is 17.6 Å². The van der Waals surface area contributed by atoms with Crippen LogP contribution in [0.25, 0.3) is 11.3 Å². The van der Waals surface area contributed by atoms with Crippen LogP contribution in [0.2, 0.25) is 5.02 Å².